The summed E-state index contributed by atoms with van der Waals surface area (Å²) in [4.78, 5) is 12.1. The molecule has 0 aliphatic heterocycles. The Morgan fingerprint density at radius 2 is 1.81 bits per heavy atom. The molecule has 0 bridgehead atoms. The quantitative estimate of drug-likeness (QED) is 0.842. The Labute approximate surface area is 137 Å². The molecule has 6 heteroatoms. The maximum absolute atomic E-state index is 12.1. The first-order chi connectivity index (χ1) is 9.97. The van der Waals surface area contributed by atoms with Crippen molar-refractivity contribution in [1.29, 1.82) is 0 Å². The van der Waals surface area contributed by atoms with Crippen LogP contribution in [-0.4, -0.2) is 12.0 Å². The van der Waals surface area contributed by atoms with Crippen LogP contribution in [0.3, 0.4) is 0 Å². The number of ether oxygens (including phenoxy) is 1. The van der Waals surface area contributed by atoms with E-state index in [9.17, 15) is 4.79 Å². The number of benzene rings is 2. The minimum atomic E-state index is -0.736. The van der Waals surface area contributed by atoms with Crippen LogP contribution in [-0.2, 0) is 4.79 Å². The van der Waals surface area contributed by atoms with Gasteiger partial charge in [0.25, 0.3) is 5.91 Å². The van der Waals surface area contributed by atoms with E-state index in [1.165, 1.54) is 0 Å². The zero-order valence-electron chi connectivity index (χ0n) is 11.1. The van der Waals surface area contributed by atoms with Crippen molar-refractivity contribution < 1.29 is 9.53 Å². The molecule has 0 unspecified atom stereocenters. The number of rotatable bonds is 4. The zero-order chi connectivity index (χ0) is 15.4. The number of amides is 1. The first-order valence-electron chi connectivity index (χ1n) is 6.14. The highest BCUT2D eigenvalue weighted by atomic mass is 35.5. The third-order valence-electron chi connectivity index (χ3n) is 2.70. The molecule has 110 valence electrons. The molecule has 1 atom stereocenters. The van der Waals surface area contributed by atoms with Gasteiger partial charge in [-0.05, 0) is 37.3 Å². The first kappa shape index (κ1) is 16.0. The minimum absolute atomic E-state index is 0.325. The largest absolute Gasteiger partial charge is 0.479 e. The van der Waals surface area contributed by atoms with Gasteiger partial charge in [0.2, 0.25) is 0 Å². The highest BCUT2D eigenvalue weighted by Crippen LogP contribution is 2.28. The number of para-hydroxylation sites is 1. The van der Waals surface area contributed by atoms with Gasteiger partial charge in [0.15, 0.2) is 6.10 Å². The van der Waals surface area contributed by atoms with Crippen molar-refractivity contribution in [2.45, 2.75) is 13.0 Å². The van der Waals surface area contributed by atoms with Gasteiger partial charge in [-0.2, -0.15) is 0 Å². The number of anilines is 1. The van der Waals surface area contributed by atoms with Crippen LogP contribution in [0.15, 0.2) is 42.5 Å². The van der Waals surface area contributed by atoms with Gasteiger partial charge in [0.1, 0.15) is 5.75 Å². The molecule has 0 saturated carbocycles. The lowest BCUT2D eigenvalue weighted by Crippen LogP contribution is -2.30. The summed E-state index contributed by atoms with van der Waals surface area (Å²) in [5.41, 5.74) is 0.529. The normalized spacial score (nSPS) is 11.8. The molecule has 0 heterocycles. The summed E-state index contributed by atoms with van der Waals surface area (Å²) in [6.45, 7) is 1.62. The van der Waals surface area contributed by atoms with Gasteiger partial charge in [-0.1, -0.05) is 46.9 Å². The molecule has 0 radical (unpaired) electrons. The van der Waals surface area contributed by atoms with E-state index in [4.69, 9.17) is 39.5 Å². The van der Waals surface area contributed by atoms with Crippen molar-refractivity contribution in [2.24, 2.45) is 0 Å². The average molecular weight is 345 g/mol. The van der Waals surface area contributed by atoms with Crippen molar-refractivity contribution >= 4 is 46.4 Å². The molecule has 2 rings (SSSR count). The molecule has 21 heavy (non-hydrogen) atoms. The maximum atomic E-state index is 12.1. The second-order valence-electron chi connectivity index (χ2n) is 4.30. The predicted octanol–water partition coefficient (Wildman–Crippen LogP) is 5.05. The lowest BCUT2D eigenvalue weighted by Gasteiger charge is -2.16. The van der Waals surface area contributed by atoms with Crippen LogP contribution >= 0.6 is 34.8 Å². The molecule has 1 amide bonds. The molecule has 1 N–H and O–H groups in total. The van der Waals surface area contributed by atoms with Gasteiger partial charge in [-0.3, -0.25) is 4.79 Å². The summed E-state index contributed by atoms with van der Waals surface area (Å²) < 4.78 is 5.53. The van der Waals surface area contributed by atoms with Crippen molar-refractivity contribution in [3.05, 3.63) is 57.5 Å². The van der Waals surface area contributed by atoms with Gasteiger partial charge in [0.05, 0.1) is 15.7 Å². The van der Waals surface area contributed by atoms with Crippen LogP contribution in [0.2, 0.25) is 15.1 Å². The van der Waals surface area contributed by atoms with Crippen LogP contribution in [0.25, 0.3) is 0 Å². The standard InChI is InChI=1S/C15H12Cl3NO2/c1-9(21-14-7-6-10(16)8-12(14)18)15(20)19-13-5-3-2-4-11(13)17/h2-9H,1H3,(H,19,20)/t9-/m1/s1. The molecular formula is C15H12Cl3NO2. The van der Waals surface area contributed by atoms with Gasteiger partial charge in [-0.25, -0.2) is 0 Å². The van der Waals surface area contributed by atoms with Crippen molar-refractivity contribution in [3.63, 3.8) is 0 Å². The molecule has 0 aliphatic carbocycles. The highest BCUT2D eigenvalue weighted by molar-refractivity contribution is 6.35. The Hall–Kier alpha value is -1.42. The van der Waals surface area contributed by atoms with Crippen molar-refractivity contribution in [2.75, 3.05) is 5.32 Å². The second-order valence-corrected chi connectivity index (χ2v) is 5.55. The molecule has 0 aliphatic rings. The Bertz CT molecular complexity index is 661. The summed E-state index contributed by atoms with van der Waals surface area (Å²) >= 11 is 17.8. The van der Waals surface area contributed by atoms with E-state index in [1.807, 2.05) is 0 Å². The monoisotopic (exact) mass is 343 g/mol. The summed E-state index contributed by atoms with van der Waals surface area (Å²) in [5, 5.41) is 4.00. The van der Waals surface area contributed by atoms with E-state index < -0.39 is 6.10 Å². The lowest BCUT2D eigenvalue weighted by molar-refractivity contribution is -0.122. The number of carbonyl (C=O) groups excluding carboxylic acids is 1. The molecule has 0 spiro atoms. The van der Waals surface area contributed by atoms with E-state index in [0.29, 0.717) is 26.5 Å². The van der Waals surface area contributed by atoms with E-state index in [0.717, 1.165) is 0 Å². The van der Waals surface area contributed by atoms with Crippen LogP contribution in [0.4, 0.5) is 5.69 Å². The van der Waals surface area contributed by atoms with Crippen molar-refractivity contribution in [1.82, 2.24) is 0 Å². The fraction of sp³-hybridized carbons (Fsp3) is 0.133. The Balaban J connectivity index is 2.04. The molecule has 2 aromatic rings. The molecule has 0 saturated heterocycles. The van der Waals surface area contributed by atoms with E-state index in [1.54, 1.807) is 49.4 Å². The number of hydrogen-bond acceptors (Lipinski definition) is 2. The average Bonchev–Trinajstić information content (AvgIpc) is 2.44. The highest BCUT2D eigenvalue weighted by Gasteiger charge is 2.17. The molecule has 0 fully saturated rings. The van der Waals surface area contributed by atoms with E-state index in [2.05, 4.69) is 5.32 Å². The van der Waals surface area contributed by atoms with Crippen LogP contribution in [0.5, 0.6) is 5.75 Å². The number of nitrogens with one attached hydrogen (secondary N) is 1. The predicted molar refractivity (Wildman–Crippen MR) is 86.6 cm³/mol. The lowest BCUT2D eigenvalue weighted by atomic mass is 10.3. The minimum Gasteiger partial charge on any atom is -0.479 e. The van der Waals surface area contributed by atoms with Gasteiger partial charge < -0.3 is 10.1 Å². The van der Waals surface area contributed by atoms with Crippen LogP contribution < -0.4 is 10.1 Å². The number of carbonyl (C=O) groups is 1. The Morgan fingerprint density at radius 3 is 2.48 bits per heavy atom. The third kappa shape index (κ3) is 4.27. The summed E-state index contributed by atoms with van der Waals surface area (Å²) in [5.74, 6) is 0.0667. The Kier molecular flexibility index (Phi) is 5.34. The molecular weight excluding hydrogens is 333 g/mol. The van der Waals surface area contributed by atoms with Gasteiger partial charge in [0, 0.05) is 5.02 Å². The zero-order valence-corrected chi connectivity index (χ0v) is 13.3. The molecule has 2 aromatic carbocycles. The number of hydrogen-bond donors (Lipinski definition) is 1. The summed E-state index contributed by atoms with van der Waals surface area (Å²) in [7, 11) is 0. The topological polar surface area (TPSA) is 38.3 Å². The third-order valence-corrected chi connectivity index (χ3v) is 3.56. The summed E-state index contributed by atoms with van der Waals surface area (Å²) in [6, 6.07) is 11.8. The molecule has 0 aromatic heterocycles. The van der Waals surface area contributed by atoms with Gasteiger partial charge in [-0.15, -0.1) is 0 Å². The maximum Gasteiger partial charge on any atom is 0.265 e. The van der Waals surface area contributed by atoms with Gasteiger partial charge >= 0.3 is 0 Å². The van der Waals surface area contributed by atoms with E-state index in [-0.39, 0.29) is 5.91 Å². The van der Waals surface area contributed by atoms with E-state index >= 15 is 0 Å². The smallest absolute Gasteiger partial charge is 0.265 e. The Morgan fingerprint density at radius 1 is 1.10 bits per heavy atom. The first-order valence-corrected chi connectivity index (χ1v) is 7.28. The molecule has 3 nitrogen and oxygen atoms in total. The summed E-state index contributed by atoms with van der Waals surface area (Å²) in [6.07, 6.45) is -0.736. The van der Waals surface area contributed by atoms with Crippen molar-refractivity contribution in [3.8, 4) is 5.75 Å². The van der Waals surface area contributed by atoms with Crippen LogP contribution in [0, 0.1) is 0 Å². The fourth-order valence-corrected chi connectivity index (χ4v) is 2.25. The van der Waals surface area contributed by atoms with Crippen LogP contribution in [0.1, 0.15) is 6.92 Å². The fourth-order valence-electron chi connectivity index (χ4n) is 1.61. The SMILES string of the molecule is C[C@@H](Oc1ccc(Cl)cc1Cl)C(=O)Nc1ccccc1Cl. The second kappa shape index (κ2) is 7.03. The number of halogens is 3.